The second-order valence-electron chi connectivity index (χ2n) is 5.51. The molecule has 26 heavy (non-hydrogen) atoms. The molecule has 128 valence electrons. The molecule has 3 nitrogen and oxygen atoms in total. The molecular formula is C21H14Br2N2O. The third-order valence-corrected chi connectivity index (χ3v) is 4.88. The molecule has 0 aliphatic rings. The third kappa shape index (κ3) is 5.04. The van der Waals surface area contributed by atoms with Gasteiger partial charge in [0, 0.05) is 20.7 Å². The lowest BCUT2D eigenvalue weighted by Crippen LogP contribution is -1.96. The number of aliphatic imine (C=N–C) groups is 1. The van der Waals surface area contributed by atoms with E-state index in [0.717, 1.165) is 31.5 Å². The number of rotatable bonds is 5. The Morgan fingerprint density at radius 3 is 2.35 bits per heavy atom. The van der Waals surface area contributed by atoms with Crippen molar-refractivity contribution in [2.75, 3.05) is 0 Å². The highest BCUT2D eigenvalue weighted by atomic mass is 79.9. The maximum Gasteiger partial charge on any atom is 0.119 e. The summed E-state index contributed by atoms with van der Waals surface area (Å²) >= 11 is 6.98. The Morgan fingerprint density at radius 1 is 0.962 bits per heavy atom. The van der Waals surface area contributed by atoms with Crippen LogP contribution in [0.25, 0.3) is 0 Å². The van der Waals surface area contributed by atoms with Crippen molar-refractivity contribution in [2.45, 2.75) is 6.61 Å². The first-order valence-corrected chi connectivity index (χ1v) is 9.44. The summed E-state index contributed by atoms with van der Waals surface area (Å²) in [7, 11) is 0. The Balaban J connectivity index is 1.60. The Morgan fingerprint density at radius 2 is 1.69 bits per heavy atom. The number of hydrogen-bond donors (Lipinski definition) is 0. The molecule has 0 saturated carbocycles. The van der Waals surface area contributed by atoms with Gasteiger partial charge < -0.3 is 4.74 Å². The van der Waals surface area contributed by atoms with Gasteiger partial charge in [0.25, 0.3) is 0 Å². The van der Waals surface area contributed by atoms with E-state index in [1.54, 1.807) is 18.3 Å². The average molecular weight is 470 g/mol. The van der Waals surface area contributed by atoms with Gasteiger partial charge in [-0.1, -0.05) is 37.9 Å². The molecule has 0 aliphatic carbocycles. The van der Waals surface area contributed by atoms with Crippen molar-refractivity contribution in [1.29, 1.82) is 5.26 Å². The summed E-state index contributed by atoms with van der Waals surface area (Å²) in [5, 5.41) is 8.80. The molecule has 3 rings (SSSR count). The third-order valence-electron chi connectivity index (χ3n) is 3.65. The summed E-state index contributed by atoms with van der Waals surface area (Å²) in [5.74, 6) is 0.801. The van der Waals surface area contributed by atoms with Crippen LogP contribution in [0.3, 0.4) is 0 Å². The largest absolute Gasteiger partial charge is 0.489 e. The van der Waals surface area contributed by atoms with Crippen LogP contribution in [0.5, 0.6) is 5.75 Å². The van der Waals surface area contributed by atoms with Crippen LogP contribution < -0.4 is 4.74 Å². The number of benzene rings is 3. The van der Waals surface area contributed by atoms with Crippen LogP contribution in [0.2, 0.25) is 0 Å². The van der Waals surface area contributed by atoms with E-state index in [9.17, 15) is 0 Å². The number of halogens is 2. The summed E-state index contributed by atoms with van der Waals surface area (Å²) < 4.78 is 7.87. The van der Waals surface area contributed by atoms with Crippen molar-refractivity contribution in [3.8, 4) is 11.8 Å². The molecule has 0 amide bonds. The topological polar surface area (TPSA) is 45.4 Å². The molecule has 0 radical (unpaired) electrons. The summed E-state index contributed by atoms with van der Waals surface area (Å²) in [6.45, 7) is 0.493. The quantitative estimate of drug-likeness (QED) is 0.405. The molecule has 0 aliphatic heterocycles. The number of nitriles is 1. The standard InChI is InChI=1S/C21H14Br2N2O/c22-18-6-5-17(21(23)11-18)14-26-20-9-3-16(4-10-20)13-25-19-7-1-15(12-24)2-8-19/h1-11,13H,14H2. The van der Waals surface area contributed by atoms with Gasteiger partial charge >= 0.3 is 0 Å². The lowest BCUT2D eigenvalue weighted by Gasteiger charge is -2.08. The SMILES string of the molecule is N#Cc1ccc(N=Cc2ccc(OCc3ccc(Br)cc3Br)cc2)cc1. The number of ether oxygens (including phenoxy) is 1. The van der Waals surface area contributed by atoms with Crippen molar-refractivity contribution in [3.05, 3.63) is 92.4 Å². The van der Waals surface area contributed by atoms with Crippen molar-refractivity contribution in [1.82, 2.24) is 0 Å². The molecule has 0 N–H and O–H groups in total. The van der Waals surface area contributed by atoms with Crippen LogP contribution in [0, 0.1) is 11.3 Å². The molecule has 5 heteroatoms. The van der Waals surface area contributed by atoms with E-state index in [-0.39, 0.29) is 0 Å². The zero-order valence-electron chi connectivity index (χ0n) is 13.7. The van der Waals surface area contributed by atoms with Crippen molar-refractivity contribution in [3.63, 3.8) is 0 Å². The molecule has 0 atom stereocenters. The van der Waals surface area contributed by atoms with Crippen LogP contribution in [0.1, 0.15) is 16.7 Å². The van der Waals surface area contributed by atoms with Gasteiger partial charge in [-0.2, -0.15) is 5.26 Å². The van der Waals surface area contributed by atoms with Gasteiger partial charge in [0.05, 0.1) is 17.3 Å². The van der Waals surface area contributed by atoms with Crippen molar-refractivity contribution < 1.29 is 4.74 Å². The molecule has 0 unspecified atom stereocenters. The second kappa shape index (κ2) is 8.79. The fourth-order valence-electron chi connectivity index (χ4n) is 2.22. The van der Waals surface area contributed by atoms with Crippen molar-refractivity contribution >= 4 is 43.8 Å². The van der Waals surface area contributed by atoms with E-state index in [1.807, 2.05) is 54.6 Å². The molecule has 0 aromatic heterocycles. The summed E-state index contributed by atoms with van der Waals surface area (Å²) in [5.41, 5.74) is 3.50. The summed E-state index contributed by atoms with van der Waals surface area (Å²) in [4.78, 5) is 4.41. The van der Waals surface area contributed by atoms with E-state index in [2.05, 4.69) is 42.9 Å². The van der Waals surface area contributed by atoms with Crippen LogP contribution in [-0.2, 0) is 6.61 Å². The maximum atomic E-state index is 8.80. The van der Waals surface area contributed by atoms with Gasteiger partial charge in [-0.25, -0.2) is 0 Å². The minimum Gasteiger partial charge on any atom is -0.489 e. The highest BCUT2D eigenvalue weighted by Gasteiger charge is 2.02. The van der Waals surface area contributed by atoms with Gasteiger partial charge in [0.1, 0.15) is 12.4 Å². The first kappa shape index (κ1) is 18.4. The van der Waals surface area contributed by atoms with Gasteiger partial charge in [-0.15, -0.1) is 0 Å². The van der Waals surface area contributed by atoms with Gasteiger partial charge in [-0.3, -0.25) is 4.99 Å². The van der Waals surface area contributed by atoms with Crippen LogP contribution in [-0.4, -0.2) is 6.21 Å². The minimum atomic E-state index is 0.493. The zero-order valence-corrected chi connectivity index (χ0v) is 16.9. The molecular weight excluding hydrogens is 456 g/mol. The summed E-state index contributed by atoms with van der Waals surface area (Å²) in [6, 6.07) is 23.0. The maximum absolute atomic E-state index is 8.80. The molecule has 0 saturated heterocycles. The second-order valence-corrected chi connectivity index (χ2v) is 7.28. The Bertz CT molecular complexity index is 959. The summed E-state index contributed by atoms with van der Waals surface area (Å²) in [6.07, 6.45) is 1.79. The Kier molecular flexibility index (Phi) is 6.21. The van der Waals surface area contributed by atoms with E-state index in [0.29, 0.717) is 12.2 Å². The van der Waals surface area contributed by atoms with Gasteiger partial charge in [0.15, 0.2) is 0 Å². The van der Waals surface area contributed by atoms with E-state index in [4.69, 9.17) is 10.00 Å². The zero-order chi connectivity index (χ0) is 18.4. The highest BCUT2D eigenvalue weighted by Crippen LogP contribution is 2.23. The van der Waals surface area contributed by atoms with E-state index >= 15 is 0 Å². The predicted octanol–water partition coefficient (Wildman–Crippen LogP) is 6.41. The fraction of sp³-hybridized carbons (Fsp3) is 0.0476. The lowest BCUT2D eigenvalue weighted by molar-refractivity contribution is 0.305. The highest BCUT2D eigenvalue weighted by molar-refractivity contribution is 9.11. The minimum absolute atomic E-state index is 0.493. The molecule has 3 aromatic rings. The van der Waals surface area contributed by atoms with Gasteiger partial charge in [0.2, 0.25) is 0 Å². The smallest absolute Gasteiger partial charge is 0.119 e. The first-order valence-electron chi connectivity index (χ1n) is 7.85. The molecule has 0 bridgehead atoms. The molecule has 0 fully saturated rings. The van der Waals surface area contributed by atoms with Crippen LogP contribution in [0.15, 0.2) is 80.7 Å². The van der Waals surface area contributed by atoms with E-state index in [1.165, 1.54) is 0 Å². The molecule has 0 heterocycles. The number of hydrogen-bond acceptors (Lipinski definition) is 3. The van der Waals surface area contributed by atoms with Gasteiger partial charge in [-0.05, 0) is 66.2 Å². The normalized spacial score (nSPS) is 10.7. The molecule has 0 spiro atoms. The monoisotopic (exact) mass is 468 g/mol. The Labute approximate surface area is 169 Å². The predicted molar refractivity (Wildman–Crippen MR) is 111 cm³/mol. The van der Waals surface area contributed by atoms with Crippen LogP contribution in [0.4, 0.5) is 5.69 Å². The fourth-order valence-corrected chi connectivity index (χ4v) is 3.38. The van der Waals surface area contributed by atoms with Crippen molar-refractivity contribution in [2.24, 2.45) is 4.99 Å². The van der Waals surface area contributed by atoms with Crippen LogP contribution >= 0.6 is 31.9 Å². The number of nitrogens with zero attached hydrogens (tertiary/aromatic N) is 2. The Hall–Kier alpha value is -2.42. The average Bonchev–Trinajstić information content (AvgIpc) is 2.67. The lowest BCUT2D eigenvalue weighted by atomic mass is 10.2. The van der Waals surface area contributed by atoms with E-state index < -0.39 is 0 Å². The first-order chi connectivity index (χ1) is 12.6. The molecule has 3 aromatic carbocycles.